The summed E-state index contributed by atoms with van der Waals surface area (Å²) >= 11 is 0. The van der Waals surface area contributed by atoms with E-state index in [1.807, 2.05) is 36.9 Å². The van der Waals surface area contributed by atoms with Crippen LogP contribution in [0.2, 0.25) is 0 Å². The van der Waals surface area contributed by atoms with Crippen LogP contribution in [-0.4, -0.2) is 62.9 Å². The Balaban J connectivity index is 1.52. The van der Waals surface area contributed by atoms with Gasteiger partial charge in [0.2, 0.25) is 10.0 Å². The van der Waals surface area contributed by atoms with E-state index >= 15 is 0 Å². The highest BCUT2D eigenvalue weighted by molar-refractivity contribution is 7.89. The molecule has 2 aromatic rings. The number of carbonyl (C=O) groups is 1. The van der Waals surface area contributed by atoms with Crippen molar-refractivity contribution in [1.29, 1.82) is 0 Å². The molecular weight excluding hydrogens is 410 g/mol. The summed E-state index contributed by atoms with van der Waals surface area (Å²) in [4.78, 5) is 17.1. The van der Waals surface area contributed by atoms with E-state index in [0.29, 0.717) is 25.1 Å². The Bertz CT molecular complexity index is 980. The van der Waals surface area contributed by atoms with E-state index in [4.69, 9.17) is 0 Å². The molecule has 1 saturated heterocycles. The summed E-state index contributed by atoms with van der Waals surface area (Å²) < 4.78 is 27.4. The number of sulfonamides is 1. The summed E-state index contributed by atoms with van der Waals surface area (Å²) in [7, 11) is -3.56. The van der Waals surface area contributed by atoms with Gasteiger partial charge in [-0.15, -0.1) is 0 Å². The van der Waals surface area contributed by atoms with Crippen LogP contribution in [0.15, 0.2) is 65.6 Å². The smallest absolute Gasteiger partial charge is 0.253 e. The monoisotopic (exact) mass is 441 g/mol. The molecule has 1 N–H and O–H groups in total. The first-order valence-corrected chi connectivity index (χ1v) is 12.2. The van der Waals surface area contributed by atoms with Crippen molar-refractivity contribution in [2.45, 2.75) is 31.2 Å². The van der Waals surface area contributed by atoms with Crippen LogP contribution in [-0.2, 0) is 10.0 Å². The van der Waals surface area contributed by atoms with Crippen molar-refractivity contribution < 1.29 is 13.2 Å². The fourth-order valence-corrected chi connectivity index (χ4v) is 4.74. The fourth-order valence-electron chi connectivity index (χ4n) is 3.41. The Kier molecular flexibility index (Phi) is 8.01. The summed E-state index contributed by atoms with van der Waals surface area (Å²) in [5, 5.41) is 0. The Morgan fingerprint density at radius 1 is 1.03 bits per heavy atom. The van der Waals surface area contributed by atoms with Gasteiger partial charge in [0.15, 0.2) is 0 Å². The number of piperazine rings is 1. The molecule has 3 rings (SSSR count). The van der Waals surface area contributed by atoms with Gasteiger partial charge in [-0.3, -0.25) is 9.69 Å². The van der Waals surface area contributed by atoms with Gasteiger partial charge in [-0.1, -0.05) is 49.4 Å². The van der Waals surface area contributed by atoms with E-state index in [9.17, 15) is 13.2 Å². The van der Waals surface area contributed by atoms with Crippen molar-refractivity contribution in [3.63, 3.8) is 0 Å². The van der Waals surface area contributed by atoms with Gasteiger partial charge in [0.1, 0.15) is 0 Å². The van der Waals surface area contributed by atoms with Gasteiger partial charge < -0.3 is 4.90 Å². The maximum absolute atomic E-state index is 12.8. The molecule has 0 spiro atoms. The second kappa shape index (κ2) is 10.7. The average Bonchev–Trinajstić information content (AvgIpc) is 2.79. The van der Waals surface area contributed by atoms with Gasteiger partial charge >= 0.3 is 0 Å². The molecule has 1 aliphatic rings. The van der Waals surface area contributed by atoms with Crippen LogP contribution in [0, 0.1) is 0 Å². The number of benzene rings is 2. The number of rotatable bonds is 8. The van der Waals surface area contributed by atoms with Crippen LogP contribution < -0.4 is 4.72 Å². The molecule has 1 fully saturated rings. The quantitative estimate of drug-likeness (QED) is 0.683. The average molecular weight is 442 g/mol. The molecule has 0 aliphatic carbocycles. The van der Waals surface area contributed by atoms with Gasteiger partial charge in [0.25, 0.3) is 5.91 Å². The number of hydrogen-bond acceptors (Lipinski definition) is 4. The molecule has 1 heterocycles. The molecule has 6 nitrogen and oxygen atoms in total. The first-order valence-electron chi connectivity index (χ1n) is 10.7. The van der Waals surface area contributed by atoms with E-state index in [2.05, 4.69) is 33.9 Å². The standard InChI is InChI=1S/C24H31N3O3S/c1-3-20(2)25-31(29,30)23-13-11-22(12-14-23)24(28)27-18-16-26(17-19-27)15-7-10-21-8-5-4-6-9-21/h4-14,20,25H,3,15-19H2,1-2H3. The Hall–Kier alpha value is -2.48. The zero-order valence-corrected chi connectivity index (χ0v) is 19.0. The molecule has 7 heteroatoms. The zero-order chi connectivity index (χ0) is 22.3. The molecule has 31 heavy (non-hydrogen) atoms. The summed E-state index contributed by atoms with van der Waals surface area (Å²) in [6, 6.07) is 16.3. The Labute approximate surface area is 185 Å². The van der Waals surface area contributed by atoms with E-state index in [1.165, 1.54) is 17.7 Å². The molecule has 0 saturated carbocycles. The van der Waals surface area contributed by atoms with Crippen LogP contribution >= 0.6 is 0 Å². The minimum absolute atomic E-state index is 0.0571. The van der Waals surface area contributed by atoms with Crippen molar-refractivity contribution in [2.24, 2.45) is 0 Å². The van der Waals surface area contributed by atoms with Gasteiger partial charge in [0, 0.05) is 44.3 Å². The second-order valence-electron chi connectivity index (χ2n) is 7.86. The first kappa shape index (κ1) is 23.2. The molecule has 0 bridgehead atoms. The molecular formula is C24H31N3O3S. The lowest BCUT2D eigenvalue weighted by Crippen LogP contribution is -2.48. The van der Waals surface area contributed by atoms with E-state index in [1.54, 1.807) is 12.1 Å². The third-order valence-corrected chi connectivity index (χ3v) is 7.12. The Morgan fingerprint density at radius 3 is 2.29 bits per heavy atom. The maximum Gasteiger partial charge on any atom is 0.253 e. The third kappa shape index (κ3) is 6.50. The van der Waals surface area contributed by atoms with Crippen LogP contribution in [0.5, 0.6) is 0 Å². The summed E-state index contributed by atoms with van der Waals surface area (Å²) in [6.07, 6.45) is 4.98. The predicted molar refractivity (Wildman–Crippen MR) is 124 cm³/mol. The molecule has 1 aliphatic heterocycles. The highest BCUT2D eigenvalue weighted by Gasteiger charge is 2.22. The minimum atomic E-state index is -3.56. The molecule has 1 amide bonds. The van der Waals surface area contributed by atoms with Crippen molar-refractivity contribution in [3.05, 3.63) is 71.8 Å². The normalized spacial score (nSPS) is 16.5. The molecule has 1 atom stereocenters. The minimum Gasteiger partial charge on any atom is -0.336 e. The van der Waals surface area contributed by atoms with Gasteiger partial charge in [-0.2, -0.15) is 0 Å². The van der Waals surface area contributed by atoms with E-state index in [-0.39, 0.29) is 16.8 Å². The van der Waals surface area contributed by atoms with E-state index in [0.717, 1.165) is 19.6 Å². The molecule has 0 radical (unpaired) electrons. The zero-order valence-electron chi connectivity index (χ0n) is 18.2. The number of amides is 1. The molecule has 2 aromatic carbocycles. The van der Waals surface area contributed by atoms with Crippen molar-refractivity contribution in [2.75, 3.05) is 32.7 Å². The van der Waals surface area contributed by atoms with Crippen LogP contribution in [0.3, 0.4) is 0 Å². The van der Waals surface area contributed by atoms with Crippen LogP contribution in [0.25, 0.3) is 6.08 Å². The van der Waals surface area contributed by atoms with Crippen molar-refractivity contribution >= 4 is 22.0 Å². The second-order valence-corrected chi connectivity index (χ2v) is 9.57. The molecule has 0 aromatic heterocycles. The maximum atomic E-state index is 12.8. The largest absolute Gasteiger partial charge is 0.336 e. The summed E-state index contributed by atoms with van der Waals surface area (Å²) in [5.74, 6) is -0.0571. The first-order chi connectivity index (χ1) is 14.9. The highest BCUT2D eigenvalue weighted by Crippen LogP contribution is 2.14. The van der Waals surface area contributed by atoms with Crippen molar-refractivity contribution in [1.82, 2.24) is 14.5 Å². The number of nitrogens with zero attached hydrogens (tertiary/aromatic N) is 2. The molecule has 166 valence electrons. The lowest BCUT2D eigenvalue weighted by molar-refractivity contribution is 0.0650. The van der Waals surface area contributed by atoms with Gasteiger partial charge in [-0.25, -0.2) is 13.1 Å². The van der Waals surface area contributed by atoms with Crippen LogP contribution in [0.4, 0.5) is 0 Å². The topological polar surface area (TPSA) is 69.7 Å². The summed E-state index contributed by atoms with van der Waals surface area (Å²) in [6.45, 7) is 7.56. The predicted octanol–water partition coefficient (Wildman–Crippen LogP) is 3.23. The number of hydrogen-bond donors (Lipinski definition) is 1. The van der Waals surface area contributed by atoms with Gasteiger partial charge in [-0.05, 0) is 43.2 Å². The molecule has 1 unspecified atom stereocenters. The van der Waals surface area contributed by atoms with Crippen molar-refractivity contribution in [3.8, 4) is 0 Å². The lowest BCUT2D eigenvalue weighted by atomic mass is 10.2. The highest BCUT2D eigenvalue weighted by atomic mass is 32.2. The Morgan fingerprint density at radius 2 is 1.68 bits per heavy atom. The van der Waals surface area contributed by atoms with E-state index < -0.39 is 10.0 Å². The van der Waals surface area contributed by atoms with Gasteiger partial charge in [0.05, 0.1) is 4.90 Å². The SMILES string of the molecule is CCC(C)NS(=O)(=O)c1ccc(C(=O)N2CCN(CC=Cc3ccccc3)CC2)cc1. The lowest BCUT2D eigenvalue weighted by Gasteiger charge is -2.34. The summed E-state index contributed by atoms with van der Waals surface area (Å²) in [5.41, 5.74) is 1.70. The van der Waals surface area contributed by atoms with Crippen LogP contribution in [0.1, 0.15) is 36.2 Å². The third-order valence-electron chi connectivity index (χ3n) is 5.51. The fraction of sp³-hybridized carbons (Fsp3) is 0.375. The number of nitrogens with one attached hydrogen (secondary N) is 1. The number of carbonyl (C=O) groups excluding carboxylic acids is 1.